The average molecular weight is 420 g/mol. The number of anilines is 1. The van der Waals surface area contributed by atoms with Gasteiger partial charge in [-0.3, -0.25) is 4.79 Å². The van der Waals surface area contributed by atoms with Crippen LogP contribution in [0.3, 0.4) is 0 Å². The molecule has 2 heterocycles. The number of fused-ring (bicyclic) bond motifs is 1. The molecule has 9 heteroatoms. The molecule has 5 nitrogen and oxygen atoms in total. The number of halogens is 4. The van der Waals surface area contributed by atoms with Crippen LogP contribution in [-0.4, -0.2) is 14.5 Å². The largest absolute Gasteiger partial charge is 0.363 e. The van der Waals surface area contributed by atoms with Crippen LogP contribution in [0.2, 0.25) is 0 Å². The summed E-state index contributed by atoms with van der Waals surface area (Å²) in [7, 11) is 0. The van der Waals surface area contributed by atoms with Crippen molar-refractivity contribution in [2.24, 2.45) is 0 Å². The van der Waals surface area contributed by atoms with Gasteiger partial charge in [-0.05, 0) is 6.92 Å². The van der Waals surface area contributed by atoms with Gasteiger partial charge in [-0.1, -0.05) is 24.8 Å². The number of aromatic nitrogens is 3. The summed E-state index contributed by atoms with van der Waals surface area (Å²) in [5.74, 6) is -4.59. The molecule has 0 bridgehead atoms. The van der Waals surface area contributed by atoms with Crippen molar-refractivity contribution in [3.63, 3.8) is 0 Å². The molecule has 0 amide bonds. The second-order valence-electron chi connectivity index (χ2n) is 7.06. The molecule has 3 rings (SSSR count). The van der Waals surface area contributed by atoms with Gasteiger partial charge < -0.3 is 9.88 Å². The lowest BCUT2D eigenvalue weighted by Crippen LogP contribution is -2.20. The maximum absolute atomic E-state index is 14.7. The highest BCUT2D eigenvalue weighted by atomic mass is 19.3. The Labute approximate surface area is 170 Å². The van der Waals surface area contributed by atoms with Gasteiger partial charge in [0.15, 0.2) is 0 Å². The first kappa shape index (κ1) is 21.5. The summed E-state index contributed by atoms with van der Waals surface area (Å²) in [4.78, 5) is 20.4. The zero-order chi connectivity index (χ0) is 22.1. The number of hydrogen-bond acceptors (Lipinski definition) is 4. The van der Waals surface area contributed by atoms with Gasteiger partial charge >= 0.3 is 0 Å². The molecule has 1 aromatic carbocycles. The molecular formula is C21H20F4N4O. The molecule has 3 aromatic rings. The van der Waals surface area contributed by atoms with Crippen LogP contribution in [0.1, 0.15) is 37.4 Å². The Morgan fingerprint density at radius 3 is 2.73 bits per heavy atom. The smallest absolute Gasteiger partial charge is 0.273 e. The van der Waals surface area contributed by atoms with Crippen LogP contribution in [0.15, 0.2) is 54.0 Å². The zero-order valence-electron chi connectivity index (χ0n) is 16.4. The molecule has 30 heavy (non-hydrogen) atoms. The lowest BCUT2D eigenvalue weighted by atomic mass is 10.0. The van der Waals surface area contributed by atoms with E-state index >= 15 is 0 Å². The number of nitrogens with one attached hydrogen (secondary N) is 1. The SMILES string of the molecule is C=C(F)CCn1cc2c(N[C@H](C)c3cccc(C(C)(F)F)c3F)ncnc2cc1=O. The van der Waals surface area contributed by atoms with Crippen molar-refractivity contribution in [1.82, 2.24) is 14.5 Å². The van der Waals surface area contributed by atoms with Crippen LogP contribution in [-0.2, 0) is 12.5 Å². The third kappa shape index (κ3) is 4.50. The minimum atomic E-state index is -3.32. The van der Waals surface area contributed by atoms with E-state index in [9.17, 15) is 22.4 Å². The first-order valence-corrected chi connectivity index (χ1v) is 9.19. The number of allylic oxidation sites excluding steroid dienone is 1. The van der Waals surface area contributed by atoms with Crippen molar-refractivity contribution in [2.75, 3.05) is 5.32 Å². The lowest BCUT2D eigenvalue weighted by Gasteiger charge is -2.20. The van der Waals surface area contributed by atoms with E-state index in [2.05, 4.69) is 21.9 Å². The van der Waals surface area contributed by atoms with E-state index in [0.29, 0.717) is 17.8 Å². The minimum absolute atomic E-state index is 0.0263. The summed E-state index contributed by atoms with van der Waals surface area (Å²) < 4.78 is 56.3. The van der Waals surface area contributed by atoms with Crippen LogP contribution in [0.25, 0.3) is 10.9 Å². The number of rotatable bonds is 7. The molecule has 0 aliphatic rings. The summed E-state index contributed by atoms with van der Waals surface area (Å²) in [5.41, 5.74) is -0.677. The Morgan fingerprint density at radius 1 is 1.33 bits per heavy atom. The topological polar surface area (TPSA) is 59.8 Å². The van der Waals surface area contributed by atoms with E-state index in [1.165, 1.54) is 35.3 Å². The summed E-state index contributed by atoms with van der Waals surface area (Å²) in [5, 5.41) is 3.44. The standard InChI is InChI=1S/C21H20F4N4O/c1-12(22)7-8-29-10-15-17(9-18(29)30)26-11-27-20(15)28-13(2)14-5-4-6-16(19(14)23)21(3,24)25/h4-6,9-11,13H,1,7-8H2,2-3H3,(H,26,27,28)/t13-/m1/s1. The zero-order valence-corrected chi connectivity index (χ0v) is 16.4. The van der Waals surface area contributed by atoms with Gasteiger partial charge in [0.05, 0.1) is 28.3 Å². The summed E-state index contributed by atoms with van der Waals surface area (Å²) in [6, 6.07) is 4.39. The van der Waals surface area contributed by atoms with Crippen molar-refractivity contribution >= 4 is 16.7 Å². The maximum Gasteiger partial charge on any atom is 0.273 e. The van der Waals surface area contributed by atoms with E-state index in [0.717, 1.165) is 6.07 Å². The van der Waals surface area contributed by atoms with E-state index in [4.69, 9.17) is 0 Å². The highest BCUT2D eigenvalue weighted by Crippen LogP contribution is 2.33. The van der Waals surface area contributed by atoms with Gasteiger partial charge in [-0.2, -0.15) is 0 Å². The van der Waals surface area contributed by atoms with Gasteiger partial charge in [-0.25, -0.2) is 27.5 Å². The van der Waals surface area contributed by atoms with E-state index in [-0.39, 0.29) is 29.9 Å². The molecule has 0 saturated heterocycles. The molecule has 0 spiro atoms. The predicted octanol–water partition coefficient (Wildman–Crippen LogP) is 5.09. The molecule has 2 aromatic heterocycles. The highest BCUT2D eigenvalue weighted by molar-refractivity contribution is 5.88. The molecule has 0 aliphatic carbocycles. The third-order valence-electron chi connectivity index (χ3n) is 4.69. The fraction of sp³-hybridized carbons (Fsp3) is 0.286. The summed E-state index contributed by atoms with van der Waals surface area (Å²) in [6.07, 6.45) is 2.68. The number of nitrogens with zero attached hydrogens (tertiary/aromatic N) is 3. The molecule has 0 saturated carbocycles. The highest BCUT2D eigenvalue weighted by Gasteiger charge is 2.30. The number of aryl methyl sites for hydroxylation is 1. The maximum atomic E-state index is 14.7. The average Bonchev–Trinajstić information content (AvgIpc) is 2.65. The minimum Gasteiger partial charge on any atom is -0.363 e. The Bertz CT molecular complexity index is 1150. The van der Waals surface area contributed by atoms with Gasteiger partial charge in [-0.15, -0.1) is 0 Å². The molecule has 0 fully saturated rings. The Hall–Kier alpha value is -3.23. The quantitative estimate of drug-likeness (QED) is 0.541. The number of alkyl halides is 2. The van der Waals surface area contributed by atoms with Crippen molar-refractivity contribution in [1.29, 1.82) is 0 Å². The van der Waals surface area contributed by atoms with Crippen LogP contribution in [0.5, 0.6) is 0 Å². The molecule has 1 N–H and O–H groups in total. The fourth-order valence-electron chi connectivity index (χ4n) is 3.11. The number of pyridine rings is 1. The third-order valence-corrected chi connectivity index (χ3v) is 4.69. The van der Waals surface area contributed by atoms with E-state index in [1.807, 2.05) is 0 Å². The molecule has 1 atom stereocenters. The summed E-state index contributed by atoms with van der Waals surface area (Å²) in [6.45, 7) is 5.50. The van der Waals surface area contributed by atoms with Crippen molar-refractivity contribution < 1.29 is 17.6 Å². The van der Waals surface area contributed by atoms with Gasteiger partial charge in [0.2, 0.25) is 0 Å². The second-order valence-corrected chi connectivity index (χ2v) is 7.06. The van der Waals surface area contributed by atoms with Crippen LogP contribution < -0.4 is 10.9 Å². The van der Waals surface area contributed by atoms with Crippen LogP contribution in [0.4, 0.5) is 23.4 Å². The second kappa shape index (κ2) is 8.25. The first-order valence-electron chi connectivity index (χ1n) is 9.19. The van der Waals surface area contributed by atoms with Crippen LogP contribution >= 0.6 is 0 Å². The van der Waals surface area contributed by atoms with Gasteiger partial charge in [0.1, 0.15) is 18.0 Å². The normalized spacial score (nSPS) is 12.7. The predicted molar refractivity (Wildman–Crippen MR) is 107 cm³/mol. The Morgan fingerprint density at radius 2 is 2.07 bits per heavy atom. The van der Waals surface area contributed by atoms with Gasteiger partial charge in [0.25, 0.3) is 11.5 Å². The first-order chi connectivity index (χ1) is 14.1. The molecule has 158 valence electrons. The summed E-state index contributed by atoms with van der Waals surface area (Å²) >= 11 is 0. The van der Waals surface area contributed by atoms with Gasteiger partial charge in [0, 0.05) is 37.7 Å². The van der Waals surface area contributed by atoms with Crippen molar-refractivity contribution in [3.05, 3.63) is 76.5 Å². The lowest BCUT2D eigenvalue weighted by molar-refractivity contribution is 0.0136. The Kier molecular flexibility index (Phi) is 5.91. The monoisotopic (exact) mass is 420 g/mol. The van der Waals surface area contributed by atoms with E-state index < -0.39 is 29.2 Å². The Balaban J connectivity index is 1.99. The number of benzene rings is 1. The molecular weight excluding hydrogens is 400 g/mol. The molecule has 0 unspecified atom stereocenters. The van der Waals surface area contributed by atoms with Crippen LogP contribution in [0, 0.1) is 5.82 Å². The molecule has 0 radical (unpaired) electrons. The van der Waals surface area contributed by atoms with E-state index in [1.54, 1.807) is 6.92 Å². The molecule has 0 aliphatic heterocycles. The van der Waals surface area contributed by atoms with Crippen molar-refractivity contribution in [2.45, 2.75) is 38.8 Å². The number of hydrogen-bond donors (Lipinski definition) is 1. The fourth-order valence-corrected chi connectivity index (χ4v) is 3.11. The van der Waals surface area contributed by atoms with Crippen molar-refractivity contribution in [3.8, 4) is 0 Å².